The molecule has 0 radical (unpaired) electrons. The number of amides is 1. The third-order valence-electron chi connectivity index (χ3n) is 13.0. The van der Waals surface area contributed by atoms with Crippen molar-refractivity contribution in [2.75, 3.05) is 46.6 Å². The van der Waals surface area contributed by atoms with Crippen LogP contribution in [-0.2, 0) is 39.8 Å². The van der Waals surface area contributed by atoms with Crippen molar-refractivity contribution in [3.8, 4) is 11.3 Å². The molecule has 5 rings (SSSR count). The summed E-state index contributed by atoms with van der Waals surface area (Å²) in [5, 5.41) is 23.8. The predicted molar refractivity (Wildman–Crippen MR) is 225 cm³/mol. The molecule has 0 bridgehead atoms. The summed E-state index contributed by atoms with van der Waals surface area (Å²) in [6.45, 7) is 14.6. The molecule has 60 heavy (non-hydrogen) atoms. The molecule has 6 N–H and O–H groups in total. The van der Waals surface area contributed by atoms with E-state index in [1.165, 1.54) is 6.92 Å². The molecule has 3 fully saturated rings. The molecular formula is C43H70N8O9. The third-order valence-corrected chi connectivity index (χ3v) is 13.0. The highest BCUT2D eigenvalue weighted by atomic mass is 16.7. The fourth-order valence-electron chi connectivity index (χ4n) is 9.49. The number of aryl methyl sites for hydroxylation is 1. The summed E-state index contributed by atoms with van der Waals surface area (Å²) in [6.07, 6.45) is -0.316. The zero-order chi connectivity index (χ0) is 44.1. The first-order valence-corrected chi connectivity index (χ1v) is 21.5. The van der Waals surface area contributed by atoms with Crippen molar-refractivity contribution >= 4 is 23.5 Å². The fourth-order valence-corrected chi connectivity index (χ4v) is 9.49. The maximum atomic E-state index is 14.4. The minimum atomic E-state index is -1.24. The Morgan fingerprint density at radius 2 is 1.82 bits per heavy atom. The van der Waals surface area contributed by atoms with Crippen LogP contribution in [0.2, 0.25) is 0 Å². The van der Waals surface area contributed by atoms with Crippen molar-refractivity contribution < 1.29 is 43.2 Å². The predicted octanol–water partition coefficient (Wildman–Crippen LogP) is 3.22. The van der Waals surface area contributed by atoms with E-state index in [2.05, 4.69) is 22.6 Å². The second-order valence-corrected chi connectivity index (χ2v) is 17.8. The van der Waals surface area contributed by atoms with Crippen LogP contribution in [0.4, 0.5) is 10.5 Å². The second-order valence-electron chi connectivity index (χ2n) is 17.8. The number of anilines is 1. The van der Waals surface area contributed by atoms with Gasteiger partial charge in [-0.1, -0.05) is 38.1 Å². The van der Waals surface area contributed by atoms with Crippen LogP contribution in [0, 0.1) is 17.8 Å². The highest BCUT2D eigenvalue weighted by Gasteiger charge is 2.58. The molecule has 13 atom stereocenters. The van der Waals surface area contributed by atoms with E-state index in [9.17, 15) is 19.5 Å². The summed E-state index contributed by atoms with van der Waals surface area (Å²) in [7, 11) is 5.32. The van der Waals surface area contributed by atoms with Crippen LogP contribution in [0.3, 0.4) is 0 Å². The zero-order valence-electron chi connectivity index (χ0n) is 37.2. The molecule has 1 aromatic heterocycles. The van der Waals surface area contributed by atoms with Crippen molar-refractivity contribution in [2.45, 2.75) is 147 Å². The normalized spacial score (nSPS) is 36.0. The van der Waals surface area contributed by atoms with Crippen molar-refractivity contribution in [3.05, 3.63) is 30.5 Å². The van der Waals surface area contributed by atoms with Gasteiger partial charge in [0, 0.05) is 56.0 Å². The van der Waals surface area contributed by atoms with E-state index >= 15 is 0 Å². The number of aliphatic hydroxyl groups excluding tert-OH is 1. The number of hydrogen-bond donors (Lipinski definition) is 4. The molecule has 3 aliphatic heterocycles. The number of aromatic nitrogens is 3. The van der Waals surface area contributed by atoms with Crippen molar-refractivity contribution in [3.63, 3.8) is 0 Å². The van der Waals surface area contributed by atoms with Gasteiger partial charge >= 0.3 is 12.1 Å². The van der Waals surface area contributed by atoms with Crippen LogP contribution in [0.15, 0.2) is 30.5 Å². The Hall–Kier alpha value is -3.71. The van der Waals surface area contributed by atoms with E-state index in [1.807, 2.05) is 77.2 Å². The van der Waals surface area contributed by atoms with Crippen LogP contribution in [0.5, 0.6) is 0 Å². The molecule has 0 aliphatic carbocycles. The van der Waals surface area contributed by atoms with E-state index in [4.69, 9.17) is 35.2 Å². The summed E-state index contributed by atoms with van der Waals surface area (Å²) in [4.78, 5) is 45.9. The number of ketones is 1. The first-order valence-electron chi connectivity index (χ1n) is 21.5. The number of nitrogens with two attached hydrogens (primary N) is 2. The van der Waals surface area contributed by atoms with Gasteiger partial charge in [0.25, 0.3) is 0 Å². The highest BCUT2D eigenvalue weighted by molar-refractivity contribution is 6.00. The summed E-state index contributed by atoms with van der Waals surface area (Å²) in [5.74, 6) is -3.27. The number of fused-ring (bicyclic) bond motifs is 1. The largest absolute Gasteiger partial charge is 0.458 e. The van der Waals surface area contributed by atoms with E-state index in [0.717, 1.165) is 11.3 Å². The van der Waals surface area contributed by atoms with Gasteiger partial charge in [0.05, 0.1) is 30.0 Å². The van der Waals surface area contributed by atoms with Crippen LogP contribution in [-0.4, -0.2) is 149 Å². The smallest absolute Gasteiger partial charge is 0.410 e. The molecule has 1 aromatic carbocycles. The number of esters is 1. The number of cyclic esters (lactones) is 1. The van der Waals surface area contributed by atoms with Gasteiger partial charge in [-0.05, 0) is 98.5 Å². The number of aliphatic hydroxyl groups is 1. The Morgan fingerprint density at radius 3 is 2.47 bits per heavy atom. The van der Waals surface area contributed by atoms with E-state index in [0.29, 0.717) is 57.4 Å². The summed E-state index contributed by atoms with van der Waals surface area (Å²) in [6, 6.07) is 6.35. The number of Topliss-reactive ketones (excluding diaryl/α,β-unsaturated/α-hetero) is 1. The van der Waals surface area contributed by atoms with E-state index in [1.54, 1.807) is 23.6 Å². The topological polar surface area (TPSA) is 219 Å². The van der Waals surface area contributed by atoms with Gasteiger partial charge in [-0.15, -0.1) is 5.10 Å². The molecule has 3 aliphatic rings. The first kappa shape index (κ1) is 47.3. The highest BCUT2D eigenvalue weighted by Crippen LogP contribution is 2.40. The Labute approximate surface area is 355 Å². The number of carbonyl (C=O) groups is 3. The maximum Gasteiger partial charge on any atom is 0.410 e. The van der Waals surface area contributed by atoms with Crippen molar-refractivity contribution in [1.82, 2.24) is 30.1 Å². The summed E-state index contributed by atoms with van der Waals surface area (Å²) >= 11 is 0. The molecule has 17 nitrogen and oxygen atoms in total. The zero-order valence-corrected chi connectivity index (χ0v) is 37.2. The lowest BCUT2D eigenvalue weighted by molar-refractivity contribution is -0.296. The van der Waals surface area contributed by atoms with Gasteiger partial charge in [-0.3, -0.25) is 19.2 Å². The number of ether oxygens (including phenoxy) is 5. The van der Waals surface area contributed by atoms with E-state index in [-0.39, 0.29) is 30.7 Å². The number of carbonyl (C=O) groups excluding carboxylic acids is 3. The van der Waals surface area contributed by atoms with Gasteiger partial charge in [-0.25, -0.2) is 4.79 Å². The number of nitrogens with one attached hydrogen (secondary N) is 1. The maximum absolute atomic E-state index is 14.4. The molecule has 1 amide bonds. The lowest BCUT2D eigenvalue weighted by Gasteiger charge is -2.47. The molecule has 17 heteroatoms. The van der Waals surface area contributed by atoms with Gasteiger partial charge in [0.1, 0.15) is 23.8 Å². The molecule has 336 valence electrons. The Kier molecular flexibility index (Phi) is 15.8. The number of unbranched alkanes of at least 4 members (excludes halogenated alkanes) is 1. The minimum absolute atomic E-state index is 0.0330. The van der Waals surface area contributed by atoms with Gasteiger partial charge < -0.3 is 50.5 Å². The second kappa shape index (κ2) is 20.0. The summed E-state index contributed by atoms with van der Waals surface area (Å²) in [5.41, 5.74) is 12.0. The van der Waals surface area contributed by atoms with Crippen LogP contribution >= 0.6 is 0 Å². The molecular weight excluding hydrogens is 773 g/mol. The molecule has 0 spiro atoms. The van der Waals surface area contributed by atoms with Gasteiger partial charge in [0.15, 0.2) is 17.7 Å². The number of nitrogen functional groups attached to an aromatic ring is 1. The fraction of sp³-hybridized carbons (Fsp3) is 0.744. The number of benzene rings is 1. The lowest BCUT2D eigenvalue weighted by Crippen LogP contribution is -2.61. The van der Waals surface area contributed by atoms with Crippen molar-refractivity contribution in [2.24, 2.45) is 23.5 Å². The monoisotopic (exact) mass is 843 g/mol. The first-order chi connectivity index (χ1) is 28.4. The Morgan fingerprint density at radius 1 is 1.10 bits per heavy atom. The van der Waals surface area contributed by atoms with Gasteiger partial charge in [0.2, 0.25) is 0 Å². The number of methoxy groups -OCH3 is 1. The third kappa shape index (κ3) is 10.3. The number of likely N-dealkylation sites (N-methyl/N-ethyl adjacent to an activating group) is 1. The van der Waals surface area contributed by atoms with Crippen molar-refractivity contribution in [1.29, 1.82) is 0 Å². The molecule has 3 unspecified atom stereocenters. The standard InChI is InChI=1S/C43H70N8O9/c1-11-34-43(7)37(51(41(55)60-43)18-13-12-17-50-24-32(47-48-50)29-15-14-16-30(45)19-29)28(5)46-23-25(2)21-42(6,56-10)38(26(3)35(52)27(4)39(54)58-34)59-40-36(53)33(49(8)9)20-31(22-44)57-40/h14-16,19,24-28,31,33-34,36-38,40,46,53H,11-13,17-18,20-23,44-45H2,1-10H3/t25-,26+,27-,28-,31?,33?,34-,36?,37-,38-,40+,42-,43-/m1/s1. The Balaban J connectivity index is 1.38. The number of rotatable bonds is 12. The average molecular weight is 843 g/mol. The molecule has 3 saturated heterocycles. The SMILES string of the molecule is CC[C@H]1OC(=O)[C@H](C)C(=O)[C@H](C)[C@@H](O[C@@H]2OC(CN)CC(N(C)C)C2O)[C@](C)(OC)C[C@@H](C)CN[C@H](C)[C@H]2N(CCCCn3cc(-c4cccc(N)c4)nn3)C(=O)O[C@]12C. The van der Waals surface area contributed by atoms with Gasteiger partial charge in [-0.2, -0.15) is 0 Å². The lowest BCUT2D eigenvalue weighted by atomic mass is 9.78. The molecule has 2 aromatic rings. The van der Waals surface area contributed by atoms with Crippen LogP contribution in [0.1, 0.15) is 80.6 Å². The minimum Gasteiger partial charge on any atom is -0.458 e. The van der Waals surface area contributed by atoms with E-state index < -0.39 is 71.5 Å². The van der Waals surface area contributed by atoms with Crippen LogP contribution in [0.25, 0.3) is 11.3 Å². The molecule has 0 saturated carbocycles. The number of hydrogen-bond acceptors (Lipinski definition) is 15. The summed E-state index contributed by atoms with van der Waals surface area (Å²) < 4.78 is 33.3. The molecule has 4 heterocycles. The quantitative estimate of drug-likeness (QED) is 0.104. The average Bonchev–Trinajstić information content (AvgIpc) is 3.80. The van der Waals surface area contributed by atoms with Crippen LogP contribution < -0.4 is 16.8 Å². The Bertz CT molecular complexity index is 1760. The number of nitrogens with zero attached hydrogens (tertiary/aromatic N) is 5.